The summed E-state index contributed by atoms with van der Waals surface area (Å²) in [5.74, 6) is 0.683. The van der Waals surface area contributed by atoms with E-state index in [1.807, 2.05) is 25.3 Å². The van der Waals surface area contributed by atoms with E-state index in [2.05, 4.69) is 20.6 Å². The number of thiazole rings is 1. The first-order valence-corrected chi connectivity index (χ1v) is 8.07. The van der Waals surface area contributed by atoms with E-state index >= 15 is 0 Å². The normalized spacial score (nSPS) is 10.4. The van der Waals surface area contributed by atoms with Crippen molar-refractivity contribution in [2.24, 2.45) is 0 Å². The molecule has 112 valence electrons. The summed E-state index contributed by atoms with van der Waals surface area (Å²) in [4.78, 5) is 20.9. The second-order valence-corrected chi connectivity index (χ2v) is 5.32. The van der Waals surface area contributed by atoms with Crippen molar-refractivity contribution in [3.63, 3.8) is 0 Å². The molecule has 2 heterocycles. The van der Waals surface area contributed by atoms with Crippen LogP contribution in [0.1, 0.15) is 35.6 Å². The smallest absolute Gasteiger partial charge is 0.251 e. The molecule has 0 radical (unpaired) electrons. The average molecular weight is 304 g/mol. The number of anilines is 1. The Hall–Kier alpha value is -1.95. The van der Waals surface area contributed by atoms with Crippen LogP contribution < -0.4 is 10.6 Å². The number of carbonyl (C=O) groups is 1. The highest BCUT2D eigenvalue weighted by Gasteiger charge is 2.09. The van der Waals surface area contributed by atoms with Crippen LogP contribution in [0.2, 0.25) is 0 Å². The van der Waals surface area contributed by atoms with Crippen molar-refractivity contribution in [2.75, 3.05) is 18.4 Å². The van der Waals surface area contributed by atoms with Crippen molar-refractivity contribution in [2.45, 2.75) is 26.7 Å². The highest BCUT2D eigenvalue weighted by atomic mass is 32.1. The maximum atomic E-state index is 12.2. The third-order valence-electron chi connectivity index (χ3n) is 3.01. The molecule has 2 aromatic heterocycles. The Kier molecular flexibility index (Phi) is 5.68. The van der Waals surface area contributed by atoms with Crippen molar-refractivity contribution < 1.29 is 4.79 Å². The first kappa shape index (κ1) is 15.4. The Morgan fingerprint density at radius 3 is 2.81 bits per heavy atom. The van der Waals surface area contributed by atoms with E-state index < -0.39 is 0 Å². The summed E-state index contributed by atoms with van der Waals surface area (Å²) in [6.07, 6.45) is 1.55. The summed E-state index contributed by atoms with van der Waals surface area (Å²) in [6.45, 7) is 5.41. The first-order chi connectivity index (χ1) is 10.2. The minimum Gasteiger partial charge on any atom is -0.370 e. The first-order valence-electron chi connectivity index (χ1n) is 7.13. The molecule has 2 N–H and O–H groups in total. The summed E-state index contributed by atoms with van der Waals surface area (Å²) in [7, 11) is 0. The second-order valence-electron chi connectivity index (χ2n) is 4.60. The lowest BCUT2D eigenvalue weighted by molar-refractivity contribution is 0.0954. The molecule has 0 unspecified atom stereocenters. The second kappa shape index (κ2) is 7.73. The molecule has 0 fully saturated rings. The largest absolute Gasteiger partial charge is 0.370 e. The minimum atomic E-state index is -0.0681. The van der Waals surface area contributed by atoms with Crippen molar-refractivity contribution in [1.82, 2.24) is 15.3 Å². The number of carbonyl (C=O) groups excluding carboxylic acids is 1. The molecule has 0 aromatic carbocycles. The number of aromatic nitrogens is 2. The Morgan fingerprint density at radius 1 is 1.29 bits per heavy atom. The van der Waals surface area contributed by atoms with Gasteiger partial charge in [-0.3, -0.25) is 4.79 Å². The van der Waals surface area contributed by atoms with E-state index in [1.54, 1.807) is 22.9 Å². The van der Waals surface area contributed by atoms with Gasteiger partial charge in [0.25, 0.3) is 5.91 Å². The van der Waals surface area contributed by atoms with Crippen LogP contribution in [0.5, 0.6) is 0 Å². The predicted molar refractivity (Wildman–Crippen MR) is 85.9 cm³/mol. The van der Waals surface area contributed by atoms with Gasteiger partial charge in [-0.25, -0.2) is 9.97 Å². The Labute approximate surface area is 128 Å². The summed E-state index contributed by atoms with van der Waals surface area (Å²) in [6, 6.07) is 3.64. The molecule has 2 aromatic rings. The number of hydrogen-bond donors (Lipinski definition) is 2. The van der Waals surface area contributed by atoms with Crippen molar-refractivity contribution >= 4 is 23.1 Å². The van der Waals surface area contributed by atoms with Gasteiger partial charge in [0.2, 0.25) is 0 Å². The van der Waals surface area contributed by atoms with Crippen LogP contribution in [-0.4, -0.2) is 29.0 Å². The van der Waals surface area contributed by atoms with E-state index in [-0.39, 0.29) is 5.91 Å². The quantitative estimate of drug-likeness (QED) is 0.825. The predicted octanol–water partition coefficient (Wildman–Crippen LogP) is 2.50. The molecule has 6 heteroatoms. The highest BCUT2D eigenvalue weighted by molar-refractivity contribution is 7.07. The molecule has 0 saturated heterocycles. The highest BCUT2D eigenvalue weighted by Crippen LogP contribution is 2.11. The van der Waals surface area contributed by atoms with Crippen LogP contribution in [-0.2, 0) is 12.8 Å². The molecule has 21 heavy (non-hydrogen) atoms. The third-order valence-corrected chi connectivity index (χ3v) is 3.65. The molecule has 0 aliphatic heterocycles. The average Bonchev–Trinajstić information content (AvgIpc) is 3.00. The zero-order valence-corrected chi connectivity index (χ0v) is 13.2. The number of nitrogens with zero attached hydrogens (tertiary/aromatic N) is 2. The molecule has 0 bridgehead atoms. The standard InChI is InChI=1S/C15H20N4OS/c1-3-12-7-11(8-14(19-12)16-4-2)15(20)17-6-5-13-9-21-10-18-13/h7-10H,3-6H2,1-2H3,(H,16,19)(H,17,20). The van der Waals surface area contributed by atoms with Gasteiger partial charge in [-0.2, -0.15) is 0 Å². The number of hydrogen-bond acceptors (Lipinski definition) is 5. The topological polar surface area (TPSA) is 66.9 Å². The van der Waals surface area contributed by atoms with Gasteiger partial charge >= 0.3 is 0 Å². The fourth-order valence-corrected chi connectivity index (χ4v) is 2.53. The zero-order valence-electron chi connectivity index (χ0n) is 12.3. The molecule has 0 saturated carbocycles. The van der Waals surface area contributed by atoms with E-state index in [0.29, 0.717) is 12.1 Å². The molecule has 0 aliphatic carbocycles. The SMILES string of the molecule is CCNc1cc(C(=O)NCCc2cscn2)cc(CC)n1. The molecule has 2 rings (SSSR count). The summed E-state index contributed by atoms with van der Waals surface area (Å²) in [5, 5.41) is 8.08. The minimum absolute atomic E-state index is 0.0681. The molecule has 1 amide bonds. The van der Waals surface area contributed by atoms with E-state index in [0.717, 1.165) is 36.6 Å². The van der Waals surface area contributed by atoms with Crippen LogP contribution in [0.15, 0.2) is 23.0 Å². The lowest BCUT2D eigenvalue weighted by Crippen LogP contribution is -2.26. The summed E-state index contributed by atoms with van der Waals surface area (Å²) < 4.78 is 0. The molecular formula is C15H20N4OS. The van der Waals surface area contributed by atoms with E-state index in [9.17, 15) is 4.79 Å². The number of aryl methyl sites for hydroxylation is 1. The number of nitrogens with one attached hydrogen (secondary N) is 2. The fourth-order valence-electron chi connectivity index (χ4n) is 1.94. The van der Waals surface area contributed by atoms with Crippen molar-refractivity contribution in [3.8, 4) is 0 Å². The lowest BCUT2D eigenvalue weighted by Gasteiger charge is -2.09. The molecule has 5 nitrogen and oxygen atoms in total. The van der Waals surface area contributed by atoms with Gasteiger partial charge in [-0.1, -0.05) is 6.92 Å². The van der Waals surface area contributed by atoms with Crippen molar-refractivity contribution in [1.29, 1.82) is 0 Å². The van der Waals surface area contributed by atoms with Gasteiger partial charge in [-0.15, -0.1) is 11.3 Å². The van der Waals surface area contributed by atoms with E-state index in [4.69, 9.17) is 0 Å². The van der Waals surface area contributed by atoms with Gasteiger partial charge in [0.05, 0.1) is 11.2 Å². The monoisotopic (exact) mass is 304 g/mol. The molecule has 0 atom stereocenters. The third kappa shape index (κ3) is 4.53. The molecule has 0 spiro atoms. The lowest BCUT2D eigenvalue weighted by atomic mass is 10.1. The summed E-state index contributed by atoms with van der Waals surface area (Å²) >= 11 is 1.57. The van der Waals surface area contributed by atoms with Crippen LogP contribution in [0, 0.1) is 0 Å². The van der Waals surface area contributed by atoms with Crippen LogP contribution in [0.25, 0.3) is 0 Å². The number of amides is 1. The van der Waals surface area contributed by atoms with Crippen molar-refractivity contribution in [3.05, 3.63) is 40.0 Å². The fraction of sp³-hybridized carbons (Fsp3) is 0.400. The molecule has 0 aliphatic rings. The molecular weight excluding hydrogens is 284 g/mol. The van der Waals surface area contributed by atoms with E-state index in [1.165, 1.54) is 0 Å². The van der Waals surface area contributed by atoms with Gasteiger partial charge in [0, 0.05) is 36.1 Å². The number of pyridine rings is 1. The Morgan fingerprint density at radius 2 is 2.14 bits per heavy atom. The maximum Gasteiger partial charge on any atom is 0.251 e. The van der Waals surface area contributed by atoms with Gasteiger partial charge < -0.3 is 10.6 Å². The number of rotatable bonds is 7. The van der Waals surface area contributed by atoms with Crippen LogP contribution in [0.4, 0.5) is 5.82 Å². The zero-order chi connectivity index (χ0) is 15.1. The van der Waals surface area contributed by atoms with Gasteiger partial charge in [0.15, 0.2) is 0 Å². The maximum absolute atomic E-state index is 12.2. The van der Waals surface area contributed by atoms with Crippen LogP contribution in [0.3, 0.4) is 0 Å². The Balaban J connectivity index is 1.98. The Bertz CT molecular complexity index is 583. The van der Waals surface area contributed by atoms with Gasteiger partial charge in [0.1, 0.15) is 5.82 Å². The van der Waals surface area contributed by atoms with Crippen LogP contribution >= 0.6 is 11.3 Å². The van der Waals surface area contributed by atoms with Gasteiger partial charge in [-0.05, 0) is 25.5 Å². The summed E-state index contributed by atoms with van der Waals surface area (Å²) in [5.41, 5.74) is 4.38.